The molecule has 4 heterocycles. The average Bonchev–Trinajstić information content (AvgIpc) is 3.21. The van der Waals surface area contributed by atoms with Crippen LogP contribution in [-0.2, 0) is 11.3 Å². The van der Waals surface area contributed by atoms with Crippen molar-refractivity contribution in [2.75, 3.05) is 32.8 Å². The van der Waals surface area contributed by atoms with Crippen molar-refractivity contribution in [1.82, 2.24) is 19.4 Å². The molecule has 2 saturated heterocycles. The third-order valence-corrected chi connectivity index (χ3v) is 5.38. The van der Waals surface area contributed by atoms with Crippen LogP contribution in [0.3, 0.4) is 0 Å². The monoisotopic (exact) mass is 314 g/mol. The van der Waals surface area contributed by atoms with E-state index in [1.165, 1.54) is 25.3 Å². The predicted octanol–water partition coefficient (Wildman–Crippen LogP) is 2.67. The van der Waals surface area contributed by atoms with Crippen LogP contribution in [0.2, 0.25) is 0 Å². The summed E-state index contributed by atoms with van der Waals surface area (Å²) in [5.74, 6) is 2.46. The van der Waals surface area contributed by atoms with Crippen LogP contribution >= 0.6 is 0 Å². The van der Waals surface area contributed by atoms with E-state index in [2.05, 4.69) is 27.4 Å². The van der Waals surface area contributed by atoms with Gasteiger partial charge in [-0.2, -0.15) is 0 Å². The summed E-state index contributed by atoms with van der Waals surface area (Å²) < 4.78 is 7.95. The number of nitrogens with zero attached hydrogens (tertiary/aromatic N) is 4. The van der Waals surface area contributed by atoms with Gasteiger partial charge in [-0.1, -0.05) is 6.92 Å². The van der Waals surface area contributed by atoms with E-state index in [4.69, 9.17) is 9.72 Å². The molecule has 1 unspecified atom stereocenters. The van der Waals surface area contributed by atoms with Crippen LogP contribution < -0.4 is 0 Å². The number of hydrogen-bond acceptors (Lipinski definition) is 4. The summed E-state index contributed by atoms with van der Waals surface area (Å²) >= 11 is 0. The second kappa shape index (κ2) is 6.57. The van der Waals surface area contributed by atoms with E-state index in [1.54, 1.807) is 0 Å². The van der Waals surface area contributed by atoms with E-state index in [9.17, 15) is 0 Å². The number of rotatable bonds is 4. The Hall–Kier alpha value is -1.46. The molecule has 2 aromatic rings. The topological polar surface area (TPSA) is 43.2 Å². The van der Waals surface area contributed by atoms with Gasteiger partial charge in [0.2, 0.25) is 0 Å². The van der Waals surface area contributed by atoms with E-state index in [-0.39, 0.29) is 0 Å². The lowest BCUT2D eigenvalue weighted by molar-refractivity contribution is 0.0827. The standard InChI is InChI=1S/C18H26N4O/c1-2-21-9-5-14(12-21)13-22-17(15-6-10-23-11-7-15)20-16-4-3-8-19-18(16)22/h3-4,8,14-15H,2,5-7,9-13H2,1H3. The highest BCUT2D eigenvalue weighted by Crippen LogP contribution is 2.30. The van der Waals surface area contributed by atoms with Crippen molar-refractivity contribution in [3.8, 4) is 0 Å². The van der Waals surface area contributed by atoms with Gasteiger partial charge in [0.05, 0.1) is 0 Å². The normalized spacial score (nSPS) is 23.8. The Morgan fingerprint density at radius 1 is 1.26 bits per heavy atom. The van der Waals surface area contributed by atoms with E-state index in [0.717, 1.165) is 50.3 Å². The predicted molar refractivity (Wildman–Crippen MR) is 90.5 cm³/mol. The second-order valence-corrected chi connectivity index (χ2v) is 6.86. The van der Waals surface area contributed by atoms with Crippen molar-refractivity contribution in [2.45, 2.75) is 38.6 Å². The Bertz CT molecular complexity index is 662. The minimum atomic E-state index is 0.515. The summed E-state index contributed by atoms with van der Waals surface area (Å²) in [6, 6.07) is 4.08. The van der Waals surface area contributed by atoms with Gasteiger partial charge in [0.25, 0.3) is 0 Å². The fourth-order valence-corrected chi connectivity index (χ4v) is 4.03. The molecule has 2 aromatic heterocycles. The molecule has 1 atom stereocenters. The largest absolute Gasteiger partial charge is 0.381 e. The molecule has 0 aliphatic carbocycles. The molecule has 0 aromatic carbocycles. The summed E-state index contributed by atoms with van der Waals surface area (Å²) in [7, 11) is 0. The average molecular weight is 314 g/mol. The SMILES string of the molecule is CCN1CCC(Cn2c(C3CCOCC3)nc3cccnc32)C1. The Balaban J connectivity index is 1.65. The van der Waals surface area contributed by atoms with Crippen molar-refractivity contribution < 1.29 is 4.74 Å². The van der Waals surface area contributed by atoms with Crippen LogP contribution in [0, 0.1) is 5.92 Å². The molecule has 0 spiro atoms. The molecule has 0 amide bonds. The smallest absolute Gasteiger partial charge is 0.160 e. The quantitative estimate of drug-likeness (QED) is 0.870. The van der Waals surface area contributed by atoms with Gasteiger partial charge in [0, 0.05) is 38.4 Å². The zero-order valence-electron chi connectivity index (χ0n) is 13.9. The second-order valence-electron chi connectivity index (χ2n) is 6.86. The number of imidazole rings is 1. The molecule has 5 heteroatoms. The van der Waals surface area contributed by atoms with Crippen molar-refractivity contribution in [3.05, 3.63) is 24.2 Å². The number of fused-ring (bicyclic) bond motifs is 1. The molecule has 5 nitrogen and oxygen atoms in total. The first-order valence-corrected chi connectivity index (χ1v) is 8.96. The molecule has 0 N–H and O–H groups in total. The summed E-state index contributed by atoms with van der Waals surface area (Å²) in [5, 5.41) is 0. The van der Waals surface area contributed by atoms with E-state index in [1.807, 2.05) is 12.3 Å². The summed E-state index contributed by atoms with van der Waals surface area (Å²) in [5.41, 5.74) is 2.10. The highest BCUT2D eigenvalue weighted by Gasteiger charge is 2.27. The first-order chi connectivity index (χ1) is 11.3. The molecule has 0 saturated carbocycles. The van der Waals surface area contributed by atoms with Crippen LogP contribution in [0.1, 0.15) is 37.9 Å². The molecule has 2 aliphatic rings. The molecule has 2 aliphatic heterocycles. The van der Waals surface area contributed by atoms with E-state index >= 15 is 0 Å². The first-order valence-electron chi connectivity index (χ1n) is 8.96. The van der Waals surface area contributed by atoms with Gasteiger partial charge < -0.3 is 14.2 Å². The maximum Gasteiger partial charge on any atom is 0.160 e. The van der Waals surface area contributed by atoms with Crippen LogP contribution in [0.15, 0.2) is 18.3 Å². The number of hydrogen-bond donors (Lipinski definition) is 0. The number of aromatic nitrogens is 3. The van der Waals surface area contributed by atoms with Gasteiger partial charge >= 0.3 is 0 Å². The van der Waals surface area contributed by atoms with Crippen molar-refractivity contribution in [2.24, 2.45) is 5.92 Å². The fraction of sp³-hybridized carbons (Fsp3) is 0.667. The molecular formula is C18H26N4O. The zero-order valence-corrected chi connectivity index (χ0v) is 13.9. The Morgan fingerprint density at radius 2 is 2.13 bits per heavy atom. The highest BCUT2D eigenvalue weighted by atomic mass is 16.5. The Morgan fingerprint density at radius 3 is 2.91 bits per heavy atom. The van der Waals surface area contributed by atoms with Crippen molar-refractivity contribution in [1.29, 1.82) is 0 Å². The third-order valence-electron chi connectivity index (χ3n) is 5.38. The Labute approximate surface area is 137 Å². The minimum absolute atomic E-state index is 0.515. The van der Waals surface area contributed by atoms with Crippen LogP contribution in [0.4, 0.5) is 0 Å². The van der Waals surface area contributed by atoms with Crippen LogP contribution in [-0.4, -0.2) is 52.3 Å². The molecule has 0 bridgehead atoms. The van der Waals surface area contributed by atoms with Gasteiger partial charge in [0.1, 0.15) is 11.3 Å². The molecule has 4 rings (SSSR count). The Kier molecular flexibility index (Phi) is 4.31. The third kappa shape index (κ3) is 3.00. The van der Waals surface area contributed by atoms with Gasteiger partial charge in [0.15, 0.2) is 5.65 Å². The van der Waals surface area contributed by atoms with E-state index < -0.39 is 0 Å². The number of ether oxygens (including phenoxy) is 1. The molecule has 124 valence electrons. The maximum atomic E-state index is 5.54. The van der Waals surface area contributed by atoms with Gasteiger partial charge in [-0.3, -0.25) is 0 Å². The van der Waals surface area contributed by atoms with Gasteiger partial charge in [-0.05, 0) is 50.4 Å². The first kappa shape index (κ1) is 15.1. The lowest BCUT2D eigenvalue weighted by atomic mass is 9.99. The zero-order chi connectivity index (χ0) is 15.6. The molecule has 0 radical (unpaired) electrons. The minimum Gasteiger partial charge on any atom is -0.381 e. The number of likely N-dealkylation sites (tertiary alicyclic amines) is 1. The van der Waals surface area contributed by atoms with Crippen LogP contribution in [0.25, 0.3) is 11.2 Å². The molecule has 23 heavy (non-hydrogen) atoms. The highest BCUT2D eigenvalue weighted by molar-refractivity contribution is 5.71. The van der Waals surface area contributed by atoms with Gasteiger partial charge in [-0.25, -0.2) is 9.97 Å². The summed E-state index contributed by atoms with van der Waals surface area (Å²) in [6.45, 7) is 8.61. The van der Waals surface area contributed by atoms with Gasteiger partial charge in [-0.15, -0.1) is 0 Å². The van der Waals surface area contributed by atoms with Crippen molar-refractivity contribution >= 4 is 11.2 Å². The molecule has 2 fully saturated rings. The summed E-state index contributed by atoms with van der Waals surface area (Å²) in [6.07, 6.45) is 5.33. The maximum absolute atomic E-state index is 5.54. The lowest BCUT2D eigenvalue weighted by Crippen LogP contribution is -2.23. The lowest BCUT2D eigenvalue weighted by Gasteiger charge is -2.23. The summed E-state index contributed by atoms with van der Waals surface area (Å²) in [4.78, 5) is 12.1. The van der Waals surface area contributed by atoms with E-state index in [0.29, 0.717) is 11.8 Å². The fourth-order valence-electron chi connectivity index (χ4n) is 4.03. The van der Waals surface area contributed by atoms with Crippen molar-refractivity contribution in [3.63, 3.8) is 0 Å². The van der Waals surface area contributed by atoms with Crippen LogP contribution in [0.5, 0.6) is 0 Å². The number of pyridine rings is 1. The molecular weight excluding hydrogens is 288 g/mol.